The van der Waals surface area contributed by atoms with Crippen molar-refractivity contribution in [1.29, 1.82) is 0 Å². The van der Waals surface area contributed by atoms with Crippen molar-refractivity contribution in [3.05, 3.63) is 101 Å². The SMILES string of the molecule is Cc1cccc(C)c1OCC(=O)NC(Cc1ccccc1)[C@H](O)C(=O)N1CSC(C)(C)[C@H]1C(=O)NCc1ccccc1. The van der Waals surface area contributed by atoms with Crippen molar-refractivity contribution in [3.8, 4) is 5.75 Å². The number of ether oxygens (including phenoxy) is 1. The zero-order valence-corrected chi connectivity index (χ0v) is 25.3. The molecule has 0 aliphatic carbocycles. The van der Waals surface area contributed by atoms with E-state index in [1.54, 1.807) is 0 Å². The van der Waals surface area contributed by atoms with Crippen LogP contribution in [0.5, 0.6) is 5.75 Å². The standard InChI is InChI=1S/C33H39N3O5S/c1-22-12-11-13-23(2)29(22)41-20-27(37)35-26(18-24-14-7-5-8-15-24)28(38)32(40)36-21-42-33(3,4)30(36)31(39)34-19-25-16-9-6-10-17-25/h5-17,26,28,30,38H,18-21H2,1-4H3,(H,34,39)(H,35,37)/t26?,28-,30+/m0/s1. The van der Waals surface area contributed by atoms with E-state index in [0.717, 1.165) is 22.3 Å². The number of hydrogen-bond acceptors (Lipinski definition) is 6. The lowest BCUT2D eigenvalue weighted by Gasteiger charge is -2.33. The number of hydrogen-bond donors (Lipinski definition) is 3. The molecule has 0 spiro atoms. The van der Waals surface area contributed by atoms with Crippen LogP contribution in [0.2, 0.25) is 0 Å². The van der Waals surface area contributed by atoms with E-state index in [-0.39, 0.29) is 24.8 Å². The van der Waals surface area contributed by atoms with Crippen LogP contribution in [0.4, 0.5) is 0 Å². The molecule has 3 N–H and O–H groups in total. The molecule has 222 valence electrons. The molecule has 42 heavy (non-hydrogen) atoms. The number of carbonyl (C=O) groups is 3. The molecule has 1 unspecified atom stereocenters. The molecule has 0 aromatic heterocycles. The maximum Gasteiger partial charge on any atom is 0.258 e. The third-order valence-corrected chi connectivity index (χ3v) is 8.80. The predicted octanol–water partition coefficient (Wildman–Crippen LogP) is 3.77. The topological polar surface area (TPSA) is 108 Å². The quantitative estimate of drug-likeness (QED) is 0.314. The molecule has 8 nitrogen and oxygen atoms in total. The maximum absolute atomic E-state index is 13.8. The van der Waals surface area contributed by atoms with E-state index in [9.17, 15) is 19.5 Å². The summed E-state index contributed by atoms with van der Waals surface area (Å²) < 4.78 is 5.24. The molecule has 3 aromatic carbocycles. The Hall–Kier alpha value is -3.82. The van der Waals surface area contributed by atoms with Crippen molar-refractivity contribution in [2.45, 2.75) is 63.6 Å². The van der Waals surface area contributed by atoms with E-state index in [1.165, 1.54) is 16.7 Å². The Morgan fingerprint density at radius 1 is 0.952 bits per heavy atom. The number of aliphatic hydroxyl groups excluding tert-OH is 1. The molecule has 1 heterocycles. The fraction of sp³-hybridized carbons (Fsp3) is 0.364. The van der Waals surface area contributed by atoms with Gasteiger partial charge < -0.3 is 25.4 Å². The number of nitrogens with zero attached hydrogens (tertiary/aromatic N) is 1. The molecular weight excluding hydrogens is 550 g/mol. The largest absolute Gasteiger partial charge is 0.483 e. The summed E-state index contributed by atoms with van der Waals surface area (Å²) in [6.45, 7) is 7.70. The number of benzene rings is 3. The van der Waals surface area contributed by atoms with E-state index in [0.29, 0.717) is 12.3 Å². The van der Waals surface area contributed by atoms with Gasteiger partial charge in [0, 0.05) is 11.3 Å². The van der Waals surface area contributed by atoms with Crippen LogP contribution >= 0.6 is 11.8 Å². The van der Waals surface area contributed by atoms with Crippen LogP contribution in [-0.4, -0.2) is 63.1 Å². The molecule has 3 amide bonds. The van der Waals surface area contributed by atoms with Gasteiger partial charge in [0.1, 0.15) is 11.8 Å². The monoisotopic (exact) mass is 589 g/mol. The molecule has 1 fully saturated rings. The number of para-hydroxylation sites is 1. The second kappa shape index (κ2) is 13.9. The lowest BCUT2D eigenvalue weighted by atomic mass is 9.97. The van der Waals surface area contributed by atoms with Crippen LogP contribution in [0.1, 0.15) is 36.1 Å². The number of nitrogens with one attached hydrogen (secondary N) is 2. The number of aliphatic hydroxyl groups is 1. The normalized spacial score (nSPS) is 17.3. The number of thioether (sulfide) groups is 1. The summed E-state index contributed by atoms with van der Waals surface area (Å²) in [7, 11) is 0. The molecule has 1 aliphatic heterocycles. The summed E-state index contributed by atoms with van der Waals surface area (Å²) in [5.74, 6) is -0.485. The van der Waals surface area contributed by atoms with Crippen LogP contribution in [0.15, 0.2) is 78.9 Å². The second-order valence-electron chi connectivity index (χ2n) is 11.1. The highest BCUT2D eigenvalue weighted by Crippen LogP contribution is 2.40. The Balaban J connectivity index is 1.49. The van der Waals surface area contributed by atoms with E-state index < -0.39 is 34.7 Å². The molecule has 0 bridgehead atoms. The first-order valence-corrected chi connectivity index (χ1v) is 15.0. The van der Waals surface area contributed by atoms with Crippen LogP contribution in [0, 0.1) is 13.8 Å². The summed E-state index contributed by atoms with van der Waals surface area (Å²) in [5.41, 5.74) is 3.61. The Morgan fingerprint density at radius 3 is 2.17 bits per heavy atom. The maximum atomic E-state index is 13.8. The molecule has 3 aromatic rings. The average Bonchev–Trinajstić information content (AvgIpc) is 3.30. The fourth-order valence-electron chi connectivity index (χ4n) is 5.16. The summed E-state index contributed by atoms with van der Waals surface area (Å²) in [4.78, 5) is 41.7. The first kappa shape index (κ1) is 31.1. The molecule has 9 heteroatoms. The van der Waals surface area contributed by atoms with Gasteiger partial charge in [0.2, 0.25) is 5.91 Å². The summed E-state index contributed by atoms with van der Waals surface area (Å²) in [6.07, 6.45) is -1.36. The highest BCUT2D eigenvalue weighted by atomic mass is 32.2. The number of rotatable bonds is 11. The van der Waals surface area contributed by atoms with Gasteiger partial charge >= 0.3 is 0 Å². The van der Waals surface area contributed by atoms with Crippen molar-refractivity contribution in [2.24, 2.45) is 0 Å². The summed E-state index contributed by atoms with van der Waals surface area (Å²) in [5, 5.41) is 17.2. The minimum Gasteiger partial charge on any atom is -0.483 e. The highest BCUT2D eigenvalue weighted by molar-refractivity contribution is 8.00. The number of carbonyl (C=O) groups excluding carboxylic acids is 3. The van der Waals surface area contributed by atoms with E-state index in [4.69, 9.17) is 4.74 Å². The fourth-order valence-corrected chi connectivity index (χ4v) is 6.30. The zero-order valence-electron chi connectivity index (χ0n) is 24.5. The van der Waals surface area contributed by atoms with Crippen molar-refractivity contribution < 1.29 is 24.2 Å². The van der Waals surface area contributed by atoms with Crippen molar-refractivity contribution in [3.63, 3.8) is 0 Å². The number of amides is 3. The van der Waals surface area contributed by atoms with Crippen LogP contribution in [0.3, 0.4) is 0 Å². The van der Waals surface area contributed by atoms with Gasteiger partial charge in [-0.15, -0.1) is 11.8 Å². The van der Waals surface area contributed by atoms with Crippen LogP contribution in [-0.2, 0) is 27.3 Å². The Kier molecular flexibility index (Phi) is 10.3. The third kappa shape index (κ3) is 7.72. The van der Waals surface area contributed by atoms with Gasteiger partial charge in [0.05, 0.1) is 11.9 Å². The Labute approximate surface area is 251 Å². The molecule has 0 radical (unpaired) electrons. The van der Waals surface area contributed by atoms with Gasteiger partial charge in [-0.05, 0) is 56.4 Å². The van der Waals surface area contributed by atoms with Gasteiger partial charge in [-0.3, -0.25) is 14.4 Å². The van der Waals surface area contributed by atoms with E-state index >= 15 is 0 Å². The molecule has 1 aliphatic rings. The van der Waals surface area contributed by atoms with Crippen LogP contribution < -0.4 is 15.4 Å². The first-order valence-electron chi connectivity index (χ1n) is 14.0. The highest BCUT2D eigenvalue weighted by Gasteiger charge is 2.49. The van der Waals surface area contributed by atoms with Crippen LogP contribution in [0.25, 0.3) is 0 Å². The zero-order chi connectivity index (χ0) is 30.3. The molecule has 1 saturated heterocycles. The minimum atomic E-state index is -1.58. The average molecular weight is 590 g/mol. The smallest absolute Gasteiger partial charge is 0.258 e. The second-order valence-corrected chi connectivity index (χ2v) is 12.7. The third-order valence-electron chi connectivity index (χ3n) is 7.42. The minimum absolute atomic E-state index is 0.220. The first-order chi connectivity index (χ1) is 20.1. The van der Waals surface area contributed by atoms with Gasteiger partial charge in [-0.25, -0.2) is 0 Å². The molecule has 3 atom stereocenters. The van der Waals surface area contributed by atoms with Crippen molar-refractivity contribution in [1.82, 2.24) is 15.5 Å². The van der Waals surface area contributed by atoms with Gasteiger partial charge in [0.25, 0.3) is 11.8 Å². The van der Waals surface area contributed by atoms with Gasteiger partial charge in [-0.1, -0.05) is 78.9 Å². The molecule has 4 rings (SSSR count). The Bertz CT molecular complexity index is 1360. The Morgan fingerprint density at radius 2 is 1.55 bits per heavy atom. The molecular formula is C33H39N3O5S. The van der Waals surface area contributed by atoms with E-state index in [2.05, 4.69) is 10.6 Å². The summed E-state index contributed by atoms with van der Waals surface area (Å²) >= 11 is 1.48. The van der Waals surface area contributed by atoms with Crippen molar-refractivity contribution in [2.75, 3.05) is 12.5 Å². The van der Waals surface area contributed by atoms with Gasteiger partial charge in [-0.2, -0.15) is 0 Å². The number of aryl methyl sites for hydroxylation is 2. The van der Waals surface area contributed by atoms with E-state index in [1.807, 2.05) is 107 Å². The molecule has 0 saturated carbocycles. The van der Waals surface area contributed by atoms with Gasteiger partial charge in [0.15, 0.2) is 12.7 Å². The lowest BCUT2D eigenvalue weighted by Crippen LogP contribution is -2.59. The lowest BCUT2D eigenvalue weighted by molar-refractivity contribution is -0.148. The predicted molar refractivity (Wildman–Crippen MR) is 165 cm³/mol. The van der Waals surface area contributed by atoms with Crippen molar-refractivity contribution >= 4 is 29.5 Å². The summed E-state index contributed by atoms with van der Waals surface area (Å²) in [6, 6.07) is 22.9.